The average molecular weight is 427 g/mol. The van der Waals surface area contributed by atoms with Crippen LogP contribution in [0.4, 0.5) is 5.69 Å². The van der Waals surface area contributed by atoms with Gasteiger partial charge in [0, 0.05) is 32.4 Å². The molecular weight excluding hydrogens is 406 g/mol. The summed E-state index contributed by atoms with van der Waals surface area (Å²) in [5.41, 5.74) is 0.472. The molecule has 3 heterocycles. The number of pyridine rings is 1. The lowest BCUT2D eigenvalue weighted by Gasteiger charge is -2.34. The third kappa shape index (κ3) is 3.91. The predicted molar refractivity (Wildman–Crippen MR) is 112 cm³/mol. The summed E-state index contributed by atoms with van der Waals surface area (Å²) in [6.45, 7) is 0.969. The number of rotatable bonds is 5. The number of aromatic nitrogens is 2. The lowest BCUT2D eigenvalue weighted by atomic mass is 10.3. The second-order valence-electron chi connectivity index (χ2n) is 6.86. The first kappa shape index (κ1) is 20.0. The van der Waals surface area contributed by atoms with Crippen molar-refractivity contribution in [2.24, 2.45) is 0 Å². The van der Waals surface area contributed by atoms with Crippen molar-refractivity contribution in [3.05, 3.63) is 71.3 Å². The Hall–Kier alpha value is -3.24. The first-order valence-corrected chi connectivity index (χ1v) is 10.9. The molecule has 1 aliphatic rings. The summed E-state index contributed by atoms with van der Waals surface area (Å²) in [7, 11) is -3.57. The molecule has 0 atom stereocenters. The molecule has 4 rings (SSSR count). The minimum atomic E-state index is -3.57. The Balaban J connectivity index is 1.36. The van der Waals surface area contributed by atoms with Crippen LogP contribution in [0.25, 0.3) is 5.65 Å². The fourth-order valence-corrected chi connectivity index (χ4v) is 4.79. The molecule has 2 aromatic heterocycles. The van der Waals surface area contributed by atoms with Crippen LogP contribution in [0.2, 0.25) is 0 Å². The Kier molecular flexibility index (Phi) is 5.51. The number of piperazine rings is 1. The fourth-order valence-electron chi connectivity index (χ4n) is 3.35. The summed E-state index contributed by atoms with van der Waals surface area (Å²) >= 11 is 0. The number of hydrogen-bond acceptors (Lipinski definition) is 6. The first-order valence-electron chi connectivity index (χ1n) is 9.50. The maximum absolute atomic E-state index is 12.7. The normalized spacial score (nSPS) is 15.3. The molecular formula is C20H21N5O4S. The Morgan fingerprint density at radius 1 is 1.00 bits per heavy atom. The van der Waals surface area contributed by atoms with Crippen molar-refractivity contribution in [2.45, 2.75) is 4.90 Å². The zero-order valence-corrected chi connectivity index (χ0v) is 17.0. The molecule has 0 aliphatic carbocycles. The number of benzene rings is 1. The van der Waals surface area contributed by atoms with Gasteiger partial charge in [0.1, 0.15) is 11.3 Å². The zero-order valence-electron chi connectivity index (χ0n) is 16.1. The highest BCUT2D eigenvalue weighted by molar-refractivity contribution is 7.89. The fraction of sp³-hybridized carbons (Fsp3) is 0.250. The maximum atomic E-state index is 12.7. The number of nitrogens with zero attached hydrogens (tertiary/aromatic N) is 4. The van der Waals surface area contributed by atoms with E-state index >= 15 is 0 Å². The number of carbonyl (C=O) groups is 1. The molecule has 30 heavy (non-hydrogen) atoms. The number of anilines is 1. The molecule has 0 saturated carbocycles. The van der Waals surface area contributed by atoms with Crippen molar-refractivity contribution in [1.82, 2.24) is 18.6 Å². The van der Waals surface area contributed by atoms with Crippen LogP contribution in [0.5, 0.6) is 0 Å². The van der Waals surface area contributed by atoms with E-state index in [-0.39, 0.29) is 41.7 Å². The minimum Gasteiger partial charge on any atom is -0.370 e. The summed E-state index contributed by atoms with van der Waals surface area (Å²) in [5.74, 6) is -0.204. The number of amides is 1. The highest BCUT2D eigenvalue weighted by atomic mass is 32.2. The van der Waals surface area contributed by atoms with Crippen LogP contribution in [0.1, 0.15) is 0 Å². The largest absolute Gasteiger partial charge is 0.370 e. The number of sulfonamides is 1. The zero-order chi connectivity index (χ0) is 21.1. The molecule has 3 aromatic rings. The SMILES string of the molecule is O=C(CNc1cnc2ccccn2c1=O)N1CCN(S(=O)(=O)c2ccccc2)CC1. The summed E-state index contributed by atoms with van der Waals surface area (Å²) < 4.78 is 28.2. The minimum absolute atomic E-state index is 0.0682. The van der Waals surface area contributed by atoms with Crippen molar-refractivity contribution in [3.8, 4) is 0 Å². The number of fused-ring (bicyclic) bond motifs is 1. The van der Waals surface area contributed by atoms with Crippen LogP contribution in [-0.4, -0.2) is 65.6 Å². The van der Waals surface area contributed by atoms with Gasteiger partial charge in [0.25, 0.3) is 5.56 Å². The summed E-state index contributed by atoms with van der Waals surface area (Å²) in [4.78, 5) is 31.0. The van der Waals surface area contributed by atoms with Gasteiger partial charge >= 0.3 is 0 Å². The third-order valence-corrected chi connectivity index (χ3v) is 6.93. The topological polar surface area (TPSA) is 104 Å². The molecule has 1 N–H and O–H groups in total. The second kappa shape index (κ2) is 8.25. The van der Waals surface area contributed by atoms with Gasteiger partial charge in [-0.05, 0) is 24.3 Å². The second-order valence-corrected chi connectivity index (χ2v) is 8.80. The van der Waals surface area contributed by atoms with Crippen LogP contribution in [0, 0.1) is 0 Å². The first-order chi connectivity index (χ1) is 14.5. The lowest BCUT2D eigenvalue weighted by Crippen LogP contribution is -2.51. The molecule has 1 amide bonds. The Bertz CT molecular complexity index is 1220. The van der Waals surface area contributed by atoms with Crippen LogP contribution in [0.15, 0.2) is 70.6 Å². The molecule has 0 bridgehead atoms. The van der Waals surface area contributed by atoms with Gasteiger partial charge in [-0.25, -0.2) is 13.4 Å². The van der Waals surface area contributed by atoms with Gasteiger partial charge in [-0.1, -0.05) is 24.3 Å². The van der Waals surface area contributed by atoms with E-state index in [9.17, 15) is 18.0 Å². The van der Waals surface area contributed by atoms with E-state index in [0.29, 0.717) is 18.7 Å². The summed E-state index contributed by atoms with van der Waals surface area (Å²) in [5, 5.41) is 2.85. The number of carbonyl (C=O) groups excluding carboxylic acids is 1. The molecule has 156 valence electrons. The molecule has 1 fully saturated rings. The van der Waals surface area contributed by atoms with E-state index in [2.05, 4.69) is 10.3 Å². The van der Waals surface area contributed by atoms with Gasteiger partial charge in [-0.15, -0.1) is 0 Å². The molecule has 1 aromatic carbocycles. The van der Waals surface area contributed by atoms with Gasteiger partial charge in [0.15, 0.2) is 0 Å². The van der Waals surface area contributed by atoms with Crippen molar-refractivity contribution in [3.63, 3.8) is 0 Å². The third-order valence-electron chi connectivity index (χ3n) is 5.02. The van der Waals surface area contributed by atoms with Gasteiger partial charge in [-0.2, -0.15) is 4.31 Å². The van der Waals surface area contributed by atoms with Crippen LogP contribution in [0.3, 0.4) is 0 Å². The van der Waals surface area contributed by atoms with Gasteiger partial charge in [-0.3, -0.25) is 14.0 Å². The average Bonchev–Trinajstić information content (AvgIpc) is 2.79. The Morgan fingerprint density at radius 2 is 1.70 bits per heavy atom. The van der Waals surface area contributed by atoms with E-state index in [0.717, 1.165) is 0 Å². The molecule has 1 saturated heterocycles. The van der Waals surface area contributed by atoms with E-state index < -0.39 is 10.0 Å². The summed E-state index contributed by atoms with van der Waals surface area (Å²) in [6, 6.07) is 13.5. The standard InChI is InChI=1S/C20H21N5O4S/c26-19(15-21-17-14-22-18-8-4-5-9-25(18)20(17)27)23-10-12-24(13-11-23)30(28,29)16-6-2-1-3-7-16/h1-9,14,21H,10-13,15H2. The van der Waals surface area contributed by atoms with E-state index in [1.165, 1.54) is 14.9 Å². The number of hydrogen-bond donors (Lipinski definition) is 1. The van der Waals surface area contributed by atoms with Gasteiger partial charge < -0.3 is 10.2 Å². The quantitative estimate of drug-likeness (QED) is 0.641. The van der Waals surface area contributed by atoms with Crippen molar-refractivity contribution in [2.75, 3.05) is 38.0 Å². The Labute approximate surface area is 173 Å². The Morgan fingerprint density at radius 3 is 2.43 bits per heavy atom. The monoisotopic (exact) mass is 427 g/mol. The van der Waals surface area contributed by atoms with Gasteiger partial charge in [0.2, 0.25) is 15.9 Å². The van der Waals surface area contributed by atoms with Crippen LogP contribution < -0.4 is 10.9 Å². The molecule has 10 heteroatoms. The van der Waals surface area contributed by atoms with E-state index in [1.807, 2.05) is 0 Å². The highest BCUT2D eigenvalue weighted by Gasteiger charge is 2.29. The van der Waals surface area contributed by atoms with Crippen LogP contribution in [-0.2, 0) is 14.8 Å². The van der Waals surface area contributed by atoms with Crippen molar-refractivity contribution in [1.29, 1.82) is 0 Å². The molecule has 1 aliphatic heterocycles. The predicted octanol–water partition coefficient (Wildman–Crippen LogP) is 0.640. The van der Waals surface area contributed by atoms with Crippen LogP contribution >= 0.6 is 0 Å². The van der Waals surface area contributed by atoms with E-state index in [1.54, 1.807) is 59.6 Å². The smallest absolute Gasteiger partial charge is 0.281 e. The van der Waals surface area contributed by atoms with Gasteiger partial charge in [0.05, 0.1) is 17.6 Å². The number of nitrogens with one attached hydrogen (secondary N) is 1. The molecule has 0 unspecified atom stereocenters. The van der Waals surface area contributed by atoms with Crippen molar-refractivity contribution < 1.29 is 13.2 Å². The molecule has 0 spiro atoms. The van der Waals surface area contributed by atoms with E-state index in [4.69, 9.17) is 0 Å². The lowest BCUT2D eigenvalue weighted by molar-refractivity contribution is -0.130. The molecule has 0 radical (unpaired) electrons. The molecule has 9 nitrogen and oxygen atoms in total. The highest BCUT2D eigenvalue weighted by Crippen LogP contribution is 2.17. The summed E-state index contributed by atoms with van der Waals surface area (Å²) in [6.07, 6.45) is 3.03. The maximum Gasteiger partial charge on any atom is 0.281 e. The van der Waals surface area contributed by atoms with Crippen molar-refractivity contribution >= 4 is 27.3 Å².